The fourth-order valence-corrected chi connectivity index (χ4v) is 1.95. The molecule has 1 amide bonds. The van der Waals surface area contributed by atoms with Gasteiger partial charge in [-0.15, -0.1) is 0 Å². The lowest BCUT2D eigenvalue weighted by atomic mass is 9.99. The zero-order valence-corrected chi connectivity index (χ0v) is 11.7. The molecule has 0 radical (unpaired) electrons. The predicted octanol–water partition coefficient (Wildman–Crippen LogP) is 2.37. The molecule has 0 heterocycles. The third-order valence-corrected chi connectivity index (χ3v) is 3.12. The predicted molar refractivity (Wildman–Crippen MR) is 73.7 cm³/mol. The lowest BCUT2D eigenvalue weighted by molar-refractivity contribution is -0.142. The summed E-state index contributed by atoms with van der Waals surface area (Å²) in [5, 5.41) is 11.5. The molecule has 0 spiro atoms. The van der Waals surface area contributed by atoms with Crippen molar-refractivity contribution in [2.45, 2.75) is 39.2 Å². The molecule has 0 fully saturated rings. The molecule has 2 atom stereocenters. The van der Waals surface area contributed by atoms with Gasteiger partial charge in [0, 0.05) is 5.92 Å². The average Bonchev–Trinajstić information content (AvgIpc) is 2.40. The molecule has 5 heteroatoms. The zero-order chi connectivity index (χ0) is 15.1. The Labute approximate surface area is 118 Å². The number of amides is 1. The van der Waals surface area contributed by atoms with Crippen molar-refractivity contribution in [3.63, 3.8) is 0 Å². The van der Waals surface area contributed by atoms with Gasteiger partial charge in [0.1, 0.15) is 11.9 Å². The van der Waals surface area contributed by atoms with Crippen LogP contribution in [0.4, 0.5) is 4.39 Å². The number of carboxylic acids is 1. The minimum atomic E-state index is -1.04. The van der Waals surface area contributed by atoms with Gasteiger partial charge in [0.25, 0.3) is 0 Å². The number of rotatable bonds is 7. The monoisotopic (exact) mass is 281 g/mol. The Morgan fingerprint density at radius 3 is 2.55 bits per heavy atom. The molecule has 0 aromatic heterocycles. The first-order chi connectivity index (χ1) is 9.45. The number of aliphatic carboxylic acids is 1. The van der Waals surface area contributed by atoms with Crippen molar-refractivity contribution in [2.24, 2.45) is 5.92 Å². The number of carbonyl (C=O) groups is 2. The smallest absolute Gasteiger partial charge is 0.326 e. The van der Waals surface area contributed by atoms with Crippen LogP contribution in [0.1, 0.15) is 32.3 Å². The van der Waals surface area contributed by atoms with Crippen molar-refractivity contribution >= 4 is 11.9 Å². The molecule has 2 N–H and O–H groups in total. The lowest BCUT2D eigenvalue weighted by Gasteiger charge is -2.17. The quantitative estimate of drug-likeness (QED) is 0.806. The topological polar surface area (TPSA) is 66.4 Å². The van der Waals surface area contributed by atoms with Gasteiger partial charge in [0.15, 0.2) is 0 Å². The van der Waals surface area contributed by atoms with E-state index in [1.807, 2.05) is 6.92 Å². The molecule has 1 aromatic rings. The van der Waals surface area contributed by atoms with Gasteiger partial charge in [-0.25, -0.2) is 9.18 Å². The van der Waals surface area contributed by atoms with E-state index < -0.39 is 17.9 Å². The molecule has 0 saturated heterocycles. The third-order valence-electron chi connectivity index (χ3n) is 3.12. The van der Waals surface area contributed by atoms with Crippen LogP contribution in [0.15, 0.2) is 24.3 Å². The molecular weight excluding hydrogens is 261 g/mol. The summed E-state index contributed by atoms with van der Waals surface area (Å²) in [7, 11) is 0. The second-order valence-corrected chi connectivity index (χ2v) is 4.88. The van der Waals surface area contributed by atoms with E-state index in [0.717, 1.165) is 0 Å². The summed E-state index contributed by atoms with van der Waals surface area (Å²) in [6, 6.07) is 5.39. The fraction of sp³-hybridized carbons (Fsp3) is 0.467. The van der Waals surface area contributed by atoms with Gasteiger partial charge in [-0.05, 0) is 24.5 Å². The Hall–Kier alpha value is -1.91. The fourth-order valence-electron chi connectivity index (χ4n) is 1.95. The Kier molecular flexibility index (Phi) is 6.15. The van der Waals surface area contributed by atoms with Gasteiger partial charge >= 0.3 is 5.97 Å². The van der Waals surface area contributed by atoms with Gasteiger partial charge < -0.3 is 10.4 Å². The molecule has 20 heavy (non-hydrogen) atoms. The van der Waals surface area contributed by atoms with E-state index in [-0.39, 0.29) is 18.1 Å². The molecule has 110 valence electrons. The van der Waals surface area contributed by atoms with E-state index >= 15 is 0 Å². The molecule has 0 bridgehead atoms. The van der Waals surface area contributed by atoms with Crippen LogP contribution in [0.3, 0.4) is 0 Å². The first-order valence-corrected chi connectivity index (χ1v) is 6.72. The summed E-state index contributed by atoms with van der Waals surface area (Å²) < 4.78 is 13.5. The highest BCUT2D eigenvalue weighted by molar-refractivity contribution is 5.84. The van der Waals surface area contributed by atoms with E-state index in [1.54, 1.807) is 25.1 Å². The minimum absolute atomic E-state index is 0.247. The summed E-state index contributed by atoms with van der Waals surface area (Å²) in [5.74, 6) is -2.24. The Morgan fingerprint density at radius 1 is 1.35 bits per heavy atom. The van der Waals surface area contributed by atoms with E-state index in [1.165, 1.54) is 6.07 Å². The minimum Gasteiger partial charge on any atom is -0.480 e. The van der Waals surface area contributed by atoms with Gasteiger partial charge in [-0.3, -0.25) is 4.79 Å². The standard InChI is InChI=1S/C15H20FNO3/c1-3-6-13(15(19)20)17-14(18)10(2)9-11-7-4-5-8-12(11)16/h4-5,7-8,10,13H,3,6,9H2,1-2H3,(H,17,18)(H,19,20). The molecule has 4 nitrogen and oxygen atoms in total. The van der Waals surface area contributed by atoms with Crippen LogP contribution < -0.4 is 5.32 Å². The maximum absolute atomic E-state index is 13.5. The number of hydrogen-bond acceptors (Lipinski definition) is 2. The van der Waals surface area contributed by atoms with E-state index in [4.69, 9.17) is 5.11 Å². The second kappa shape index (κ2) is 7.62. The van der Waals surface area contributed by atoms with Crippen LogP contribution >= 0.6 is 0 Å². The van der Waals surface area contributed by atoms with Crippen LogP contribution in [0, 0.1) is 11.7 Å². The van der Waals surface area contributed by atoms with Gasteiger partial charge in [-0.1, -0.05) is 38.5 Å². The Balaban J connectivity index is 2.63. The SMILES string of the molecule is CCCC(NC(=O)C(C)Cc1ccccc1F)C(=O)O. The highest BCUT2D eigenvalue weighted by Crippen LogP contribution is 2.13. The van der Waals surface area contributed by atoms with Crippen molar-refractivity contribution in [2.75, 3.05) is 0 Å². The summed E-state index contributed by atoms with van der Waals surface area (Å²) in [6.45, 7) is 3.51. The van der Waals surface area contributed by atoms with Crippen LogP contribution in [-0.4, -0.2) is 23.0 Å². The number of carbonyl (C=O) groups excluding carboxylic acids is 1. The largest absolute Gasteiger partial charge is 0.480 e. The van der Waals surface area contributed by atoms with Crippen molar-refractivity contribution in [3.05, 3.63) is 35.6 Å². The van der Waals surface area contributed by atoms with E-state index in [0.29, 0.717) is 18.4 Å². The normalized spacial score (nSPS) is 13.6. The van der Waals surface area contributed by atoms with Gasteiger partial charge in [-0.2, -0.15) is 0 Å². The van der Waals surface area contributed by atoms with Crippen LogP contribution in [0.2, 0.25) is 0 Å². The molecular formula is C15H20FNO3. The lowest BCUT2D eigenvalue weighted by Crippen LogP contribution is -2.43. The molecule has 1 aromatic carbocycles. The van der Waals surface area contributed by atoms with Crippen molar-refractivity contribution in [1.82, 2.24) is 5.32 Å². The highest BCUT2D eigenvalue weighted by Gasteiger charge is 2.22. The average molecular weight is 281 g/mol. The first-order valence-electron chi connectivity index (χ1n) is 6.72. The van der Waals surface area contributed by atoms with Gasteiger partial charge in [0.2, 0.25) is 5.91 Å². The summed E-state index contributed by atoms with van der Waals surface area (Å²) >= 11 is 0. The Morgan fingerprint density at radius 2 is 2.00 bits per heavy atom. The molecule has 1 rings (SSSR count). The van der Waals surface area contributed by atoms with Crippen molar-refractivity contribution in [1.29, 1.82) is 0 Å². The van der Waals surface area contributed by atoms with E-state index in [2.05, 4.69) is 5.32 Å². The zero-order valence-electron chi connectivity index (χ0n) is 11.7. The summed E-state index contributed by atoms with van der Waals surface area (Å²) in [5.41, 5.74) is 0.456. The first kappa shape index (κ1) is 16.1. The number of hydrogen-bond donors (Lipinski definition) is 2. The maximum Gasteiger partial charge on any atom is 0.326 e. The van der Waals surface area contributed by atoms with Crippen LogP contribution in [0.5, 0.6) is 0 Å². The van der Waals surface area contributed by atoms with Gasteiger partial charge in [0.05, 0.1) is 0 Å². The van der Waals surface area contributed by atoms with Crippen molar-refractivity contribution < 1.29 is 19.1 Å². The van der Waals surface area contributed by atoms with Crippen molar-refractivity contribution in [3.8, 4) is 0 Å². The maximum atomic E-state index is 13.5. The Bertz CT molecular complexity index is 476. The van der Waals surface area contributed by atoms with E-state index in [9.17, 15) is 14.0 Å². The molecule has 2 unspecified atom stereocenters. The number of carboxylic acid groups (broad SMARTS) is 1. The second-order valence-electron chi connectivity index (χ2n) is 4.88. The van der Waals surface area contributed by atoms with Crippen LogP contribution in [0.25, 0.3) is 0 Å². The number of benzene rings is 1. The third kappa shape index (κ3) is 4.64. The highest BCUT2D eigenvalue weighted by atomic mass is 19.1. The number of nitrogens with one attached hydrogen (secondary N) is 1. The molecule has 0 aliphatic rings. The van der Waals surface area contributed by atoms with Crippen LogP contribution in [-0.2, 0) is 16.0 Å². The summed E-state index contributed by atoms with van der Waals surface area (Å²) in [6.07, 6.45) is 1.30. The number of halogens is 1. The molecule has 0 aliphatic heterocycles. The summed E-state index contributed by atoms with van der Waals surface area (Å²) in [4.78, 5) is 22.9. The molecule has 0 saturated carbocycles. The molecule has 0 aliphatic carbocycles.